The molecule has 0 amide bonds. The highest BCUT2D eigenvalue weighted by atomic mass is 16.5. The maximum absolute atomic E-state index is 5.98. The zero-order chi connectivity index (χ0) is 27.5. The lowest BCUT2D eigenvalue weighted by atomic mass is 9.83. The standard InChI is InChI=1S/C30H62N2O4/c1-24(27(2,3)4)35-17-12-16-33-18-15-31-30(10,11)14-13-29(8,9)23-34-19-20-36-26-21-25(22-26)32-28(5,6)7/h24-26,31-32H,12-23H2,1-11H3/t24-,25-,26+/m0/s1. The Morgan fingerprint density at radius 3 is 2.06 bits per heavy atom. The van der Waals surface area contributed by atoms with Crippen LogP contribution in [0.2, 0.25) is 0 Å². The fourth-order valence-corrected chi connectivity index (χ4v) is 4.10. The number of hydrogen-bond donors (Lipinski definition) is 2. The zero-order valence-electron chi connectivity index (χ0n) is 25.9. The van der Waals surface area contributed by atoms with Crippen molar-refractivity contribution in [2.24, 2.45) is 10.8 Å². The Morgan fingerprint density at radius 1 is 0.778 bits per heavy atom. The molecule has 1 aliphatic carbocycles. The van der Waals surface area contributed by atoms with Crippen molar-refractivity contribution in [1.82, 2.24) is 10.6 Å². The van der Waals surface area contributed by atoms with Crippen LogP contribution in [0.25, 0.3) is 0 Å². The first-order valence-electron chi connectivity index (χ1n) is 14.4. The third-order valence-corrected chi connectivity index (χ3v) is 7.10. The zero-order valence-corrected chi connectivity index (χ0v) is 25.9. The second kappa shape index (κ2) is 15.4. The second-order valence-electron chi connectivity index (χ2n) is 14.4. The lowest BCUT2D eigenvalue weighted by Crippen LogP contribution is -2.52. The molecule has 0 aliphatic heterocycles. The average Bonchev–Trinajstić information content (AvgIpc) is 2.70. The molecule has 6 nitrogen and oxygen atoms in total. The van der Waals surface area contributed by atoms with Gasteiger partial charge in [0.15, 0.2) is 0 Å². The fourth-order valence-electron chi connectivity index (χ4n) is 4.10. The fraction of sp³-hybridized carbons (Fsp3) is 1.00. The SMILES string of the molecule is C[C@H](OCCCOCCNC(C)(C)CCC(C)(C)COCCO[C@H]1C[C@@H](NC(C)(C)C)C1)C(C)(C)C. The van der Waals surface area contributed by atoms with E-state index in [4.69, 9.17) is 18.9 Å². The van der Waals surface area contributed by atoms with Crippen LogP contribution >= 0.6 is 0 Å². The van der Waals surface area contributed by atoms with Crippen LogP contribution in [0.3, 0.4) is 0 Å². The van der Waals surface area contributed by atoms with Crippen LogP contribution in [0.5, 0.6) is 0 Å². The molecule has 0 radical (unpaired) electrons. The predicted molar refractivity (Wildman–Crippen MR) is 152 cm³/mol. The molecule has 0 aromatic carbocycles. The first-order chi connectivity index (χ1) is 16.5. The van der Waals surface area contributed by atoms with Crippen molar-refractivity contribution < 1.29 is 18.9 Å². The highest BCUT2D eigenvalue weighted by molar-refractivity contribution is 4.90. The predicted octanol–water partition coefficient (Wildman–Crippen LogP) is 5.97. The van der Waals surface area contributed by atoms with Crippen molar-refractivity contribution in [3.8, 4) is 0 Å². The summed E-state index contributed by atoms with van der Waals surface area (Å²) in [5, 5.41) is 7.30. The summed E-state index contributed by atoms with van der Waals surface area (Å²) >= 11 is 0. The average molecular weight is 515 g/mol. The monoisotopic (exact) mass is 514 g/mol. The molecule has 1 saturated carbocycles. The van der Waals surface area contributed by atoms with Crippen molar-refractivity contribution >= 4 is 0 Å². The van der Waals surface area contributed by atoms with Crippen LogP contribution in [0.1, 0.15) is 108 Å². The summed E-state index contributed by atoms with van der Waals surface area (Å²) in [5.74, 6) is 0. The topological polar surface area (TPSA) is 61.0 Å². The Morgan fingerprint density at radius 2 is 1.44 bits per heavy atom. The highest BCUT2D eigenvalue weighted by Crippen LogP contribution is 2.28. The third-order valence-electron chi connectivity index (χ3n) is 7.10. The molecule has 0 bridgehead atoms. The summed E-state index contributed by atoms with van der Waals surface area (Å²) in [6.07, 6.45) is 6.03. The van der Waals surface area contributed by atoms with E-state index in [1.165, 1.54) is 0 Å². The molecule has 0 saturated heterocycles. The largest absolute Gasteiger partial charge is 0.380 e. The van der Waals surface area contributed by atoms with Gasteiger partial charge in [-0.3, -0.25) is 0 Å². The van der Waals surface area contributed by atoms with Crippen molar-refractivity contribution in [3.05, 3.63) is 0 Å². The molecule has 0 unspecified atom stereocenters. The molecule has 216 valence electrons. The first kappa shape index (κ1) is 33.8. The van der Waals surface area contributed by atoms with Gasteiger partial charge in [0.2, 0.25) is 0 Å². The Hall–Kier alpha value is -0.240. The molecule has 1 atom stereocenters. The molecule has 0 aromatic heterocycles. The summed E-state index contributed by atoms with van der Waals surface area (Å²) in [5.41, 5.74) is 0.604. The molecule has 2 N–H and O–H groups in total. The molecule has 1 aliphatic rings. The number of rotatable bonds is 19. The van der Waals surface area contributed by atoms with E-state index in [0.29, 0.717) is 25.4 Å². The molecule has 6 heteroatoms. The van der Waals surface area contributed by atoms with E-state index in [2.05, 4.69) is 86.8 Å². The van der Waals surface area contributed by atoms with E-state index < -0.39 is 0 Å². The highest BCUT2D eigenvalue weighted by Gasteiger charge is 2.32. The summed E-state index contributed by atoms with van der Waals surface area (Å²) in [6.45, 7) is 29.8. The molecular weight excluding hydrogens is 452 g/mol. The second-order valence-corrected chi connectivity index (χ2v) is 14.4. The lowest BCUT2D eigenvalue weighted by Gasteiger charge is -2.40. The van der Waals surface area contributed by atoms with Crippen LogP contribution in [-0.4, -0.2) is 75.5 Å². The molecule has 1 rings (SSSR count). The minimum Gasteiger partial charge on any atom is -0.380 e. The van der Waals surface area contributed by atoms with Gasteiger partial charge in [-0.1, -0.05) is 34.6 Å². The van der Waals surface area contributed by atoms with E-state index in [0.717, 1.165) is 65.1 Å². The van der Waals surface area contributed by atoms with Crippen LogP contribution in [-0.2, 0) is 18.9 Å². The smallest absolute Gasteiger partial charge is 0.0704 e. The number of ether oxygens (including phenoxy) is 4. The normalized spacial score (nSPS) is 20.4. The minimum atomic E-state index is 0.0802. The van der Waals surface area contributed by atoms with Crippen molar-refractivity contribution in [3.63, 3.8) is 0 Å². The van der Waals surface area contributed by atoms with Gasteiger partial charge in [-0.15, -0.1) is 0 Å². The molecule has 0 heterocycles. The summed E-state index contributed by atoms with van der Waals surface area (Å²) in [4.78, 5) is 0. The Balaban J connectivity index is 2.03. The number of nitrogens with one attached hydrogen (secondary N) is 2. The maximum atomic E-state index is 5.98. The van der Waals surface area contributed by atoms with Gasteiger partial charge in [0.25, 0.3) is 0 Å². The number of hydrogen-bond acceptors (Lipinski definition) is 6. The van der Waals surface area contributed by atoms with E-state index in [9.17, 15) is 0 Å². The van der Waals surface area contributed by atoms with Gasteiger partial charge in [-0.2, -0.15) is 0 Å². The van der Waals surface area contributed by atoms with Crippen molar-refractivity contribution in [2.75, 3.05) is 46.2 Å². The van der Waals surface area contributed by atoms with Crippen molar-refractivity contribution in [1.29, 1.82) is 0 Å². The minimum absolute atomic E-state index is 0.0802. The third kappa shape index (κ3) is 16.6. The van der Waals surface area contributed by atoms with Gasteiger partial charge in [0.1, 0.15) is 0 Å². The van der Waals surface area contributed by atoms with Crippen molar-refractivity contribution in [2.45, 2.75) is 138 Å². The first-order valence-corrected chi connectivity index (χ1v) is 14.4. The Bertz CT molecular complexity index is 574. The Labute approximate surface area is 224 Å². The molecule has 0 aromatic rings. The Kier molecular flexibility index (Phi) is 14.4. The molecule has 36 heavy (non-hydrogen) atoms. The van der Waals surface area contributed by atoms with Gasteiger partial charge >= 0.3 is 0 Å². The summed E-state index contributed by atoms with van der Waals surface area (Å²) in [6, 6.07) is 0.597. The maximum Gasteiger partial charge on any atom is 0.0704 e. The van der Waals surface area contributed by atoms with E-state index in [1.807, 2.05) is 0 Å². The summed E-state index contributed by atoms with van der Waals surface area (Å²) < 4.78 is 23.6. The van der Waals surface area contributed by atoms with E-state index >= 15 is 0 Å². The molecule has 1 fully saturated rings. The van der Waals surface area contributed by atoms with Gasteiger partial charge in [-0.25, -0.2) is 0 Å². The van der Waals surface area contributed by atoms with Crippen LogP contribution in [0.4, 0.5) is 0 Å². The van der Waals surface area contributed by atoms with Gasteiger partial charge in [-0.05, 0) is 84.5 Å². The molecular formula is C30H62N2O4. The quantitative estimate of drug-likeness (QED) is 0.207. The molecule has 0 spiro atoms. The van der Waals surface area contributed by atoms with Crippen LogP contribution in [0, 0.1) is 10.8 Å². The van der Waals surface area contributed by atoms with Gasteiger partial charge in [0.05, 0.1) is 38.6 Å². The summed E-state index contributed by atoms with van der Waals surface area (Å²) in [7, 11) is 0. The lowest BCUT2D eigenvalue weighted by molar-refractivity contribution is -0.0542. The van der Waals surface area contributed by atoms with E-state index in [-0.39, 0.29) is 28.0 Å². The van der Waals surface area contributed by atoms with Gasteiger partial charge < -0.3 is 29.6 Å². The van der Waals surface area contributed by atoms with Crippen LogP contribution < -0.4 is 10.6 Å². The van der Waals surface area contributed by atoms with Gasteiger partial charge in [0, 0.05) is 36.9 Å². The van der Waals surface area contributed by atoms with E-state index in [1.54, 1.807) is 0 Å². The van der Waals surface area contributed by atoms with Crippen LogP contribution in [0.15, 0.2) is 0 Å².